The zero-order chi connectivity index (χ0) is 11.7. The number of hydrogen-bond acceptors (Lipinski definition) is 2. The van der Waals surface area contributed by atoms with Crippen molar-refractivity contribution in [3.05, 3.63) is 46.8 Å². The molecule has 2 unspecified atom stereocenters. The molecular weight excluding hydrogens is 229 g/mol. The van der Waals surface area contributed by atoms with E-state index in [0.717, 1.165) is 0 Å². The minimum Gasteiger partial charge on any atom is -0.324 e. The molecular formula is C12H11ClFNO. The molecule has 16 heavy (non-hydrogen) atoms. The molecule has 0 bridgehead atoms. The zero-order valence-corrected chi connectivity index (χ0v) is 9.25. The average molecular weight is 240 g/mol. The highest BCUT2D eigenvalue weighted by Gasteiger charge is 2.25. The van der Waals surface area contributed by atoms with Gasteiger partial charge in [-0.2, -0.15) is 0 Å². The number of benzene rings is 1. The molecule has 4 heteroatoms. The van der Waals surface area contributed by atoms with Crippen molar-refractivity contribution in [1.29, 1.82) is 0 Å². The Balaban J connectivity index is 2.27. The zero-order valence-electron chi connectivity index (χ0n) is 8.49. The molecule has 2 rings (SSSR count). The first kappa shape index (κ1) is 11.3. The van der Waals surface area contributed by atoms with Crippen LogP contribution >= 0.6 is 11.6 Å². The van der Waals surface area contributed by atoms with Crippen LogP contribution in [-0.4, -0.2) is 11.8 Å². The maximum Gasteiger partial charge on any atom is 0.171 e. The Kier molecular flexibility index (Phi) is 3.08. The monoisotopic (exact) mass is 239 g/mol. The highest BCUT2D eigenvalue weighted by atomic mass is 35.5. The first-order valence-corrected chi connectivity index (χ1v) is 5.39. The van der Waals surface area contributed by atoms with Gasteiger partial charge in [-0.05, 0) is 24.6 Å². The van der Waals surface area contributed by atoms with E-state index in [1.54, 1.807) is 12.2 Å². The van der Waals surface area contributed by atoms with Crippen LogP contribution in [0.1, 0.15) is 16.8 Å². The summed E-state index contributed by atoms with van der Waals surface area (Å²) in [5, 5.41) is 0.278. The van der Waals surface area contributed by atoms with E-state index in [-0.39, 0.29) is 28.3 Å². The van der Waals surface area contributed by atoms with E-state index < -0.39 is 5.82 Å². The summed E-state index contributed by atoms with van der Waals surface area (Å²) in [6, 6.07) is 3.70. The standard InChI is InChI=1S/C12H11ClFNO/c13-11-4-2-8(14)6-10(11)12(16)7-1-3-9(15)5-7/h1-4,6-7,9H,5,15H2. The fraction of sp³-hybridized carbons (Fsp3) is 0.250. The van der Waals surface area contributed by atoms with Gasteiger partial charge in [0, 0.05) is 17.5 Å². The summed E-state index contributed by atoms with van der Waals surface area (Å²) in [6.45, 7) is 0. The van der Waals surface area contributed by atoms with E-state index in [9.17, 15) is 9.18 Å². The lowest BCUT2D eigenvalue weighted by atomic mass is 9.96. The van der Waals surface area contributed by atoms with Crippen LogP contribution in [-0.2, 0) is 0 Å². The van der Waals surface area contributed by atoms with E-state index in [1.807, 2.05) is 0 Å². The van der Waals surface area contributed by atoms with Crippen LogP contribution in [0.5, 0.6) is 0 Å². The number of Topliss-reactive ketones (excluding diaryl/α,β-unsaturated/α-hetero) is 1. The summed E-state index contributed by atoms with van der Waals surface area (Å²) in [5.41, 5.74) is 5.89. The number of halogens is 2. The van der Waals surface area contributed by atoms with Gasteiger partial charge in [-0.1, -0.05) is 23.8 Å². The number of carbonyl (C=O) groups excluding carboxylic acids is 1. The Labute approximate surface area is 97.9 Å². The molecule has 2 atom stereocenters. The highest BCUT2D eigenvalue weighted by molar-refractivity contribution is 6.34. The Hall–Kier alpha value is -1.19. The minimum atomic E-state index is -0.459. The highest BCUT2D eigenvalue weighted by Crippen LogP contribution is 2.25. The Bertz CT molecular complexity index is 458. The average Bonchev–Trinajstić information content (AvgIpc) is 2.67. The van der Waals surface area contributed by atoms with E-state index in [1.165, 1.54) is 18.2 Å². The molecule has 0 saturated carbocycles. The molecule has 0 aliphatic heterocycles. The van der Waals surface area contributed by atoms with E-state index in [4.69, 9.17) is 17.3 Å². The van der Waals surface area contributed by atoms with Gasteiger partial charge >= 0.3 is 0 Å². The van der Waals surface area contributed by atoms with Gasteiger partial charge in [-0.25, -0.2) is 4.39 Å². The van der Waals surface area contributed by atoms with Crippen LogP contribution in [0.2, 0.25) is 5.02 Å². The van der Waals surface area contributed by atoms with Crippen molar-refractivity contribution >= 4 is 17.4 Å². The van der Waals surface area contributed by atoms with Crippen LogP contribution in [0.4, 0.5) is 4.39 Å². The van der Waals surface area contributed by atoms with Crippen molar-refractivity contribution in [2.75, 3.05) is 0 Å². The van der Waals surface area contributed by atoms with Crippen LogP contribution in [0.25, 0.3) is 0 Å². The van der Waals surface area contributed by atoms with E-state index in [0.29, 0.717) is 6.42 Å². The third kappa shape index (κ3) is 2.15. The molecule has 0 amide bonds. The summed E-state index contributed by atoms with van der Waals surface area (Å²) in [7, 11) is 0. The lowest BCUT2D eigenvalue weighted by Gasteiger charge is -2.09. The van der Waals surface area contributed by atoms with Gasteiger partial charge in [0.15, 0.2) is 5.78 Å². The maximum atomic E-state index is 13.0. The second-order valence-electron chi connectivity index (χ2n) is 3.88. The largest absolute Gasteiger partial charge is 0.324 e. The molecule has 84 valence electrons. The fourth-order valence-electron chi connectivity index (χ4n) is 1.81. The Morgan fingerprint density at radius 3 is 2.81 bits per heavy atom. The molecule has 1 aromatic rings. The van der Waals surface area contributed by atoms with E-state index >= 15 is 0 Å². The van der Waals surface area contributed by atoms with Gasteiger partial charge in [0.25, 0.3) is 0 Å². The minimum absolute atomic E-state index is 0.0960. The molecule has 1 aromatic carbocycles. The van der Waals surface area contributed by atoms with Crippen molar-refractivity contribution in [3.8, 4) is 0 Å². The smallest absolute Gasteiger partial charge is 0.171 e. The number of rotatable bonds is 2. The summed E-state index contributed by atoms with van der Waals surface area (Å²) in [4.78, 5) is 12.0. The molecule has 0 aromatic heterocycles. The molecule has 2 N–H and O–H groups in total. The predicted octanol–water partition coefficient (Wildman–Crippen LogP) is 2.57. The summed E-state index contributed by atoms with van der Waals surface area (Å²) in [6.07, 6.45) is 4.11. The first-order chi connectivity index (χ1) is 7.58. The van der Waals surface area contributed by atoms with Crippen molar-refractivity contribution < 1.29 is 9.18 Å². The predicted molar refractivity (Wildman–Crippen MR) is 61.0 cm³/mol. The molecule has 2 nitrogen and oxygen atoms in total. The number of ketones is 1. The molecule has 1 aliphatic rings. The number of hydrogen-bond donors (Lipinski definition) is 1. The van der Waals surface area contributed by atoms with Gasteiger partial charge < -0.3 is 5.73 Å². The topological polar surface area (TPSA) is 43.1 Å². The second kappa shape index (κ2) is 4.36. The lowest BCUT2D eigenvalue weighted by Crippen LogP contribution is -2.19. The SMILES string of the molecule is NC1C=CC(C(=O)c2cc(F)ccc2Cl)C1. The quantitative estimate of drug-likeness (QED) is 0.637. The summed E-state index contributed by atoms with van der Waals surface area (Å²) < 4.78 is 13.0. The van der Waals surface area contributed by atoms with Gasteiger partial charge in [-0.3, -0.25) is 4.79 Å². The van der Waals surface area contributed by atoms with Crippen molar-refractivity contribution in [2.45, 2.75) is 12.5 Å². The Morgan fingerprint density at radius 2 is 2.19 bits per heavy atom. The molecule has 0 saturated heterocycles. The molecule has 0 radical (unpaired) electrons. The molecule has 0 heterocycles. The van der Waals surface area contributed by atoms with Gasteiger partial charge in [0.05, 0.1) is 5.02 Å². The van der Waals surface area contributed by atoms with Crippen LogP contribution in [0, 0.1) is 11.7 Å². The third-order valence-corrected chi connectivity index (χ3v) is 2.98. The van der Waals surface area contributed by atoms with Gasteiger partial charge in [0.1, 0.15) is 5.82 Å². The number of carbonyl (C=O) groups is 1. The van der Waals surface area contributed by atoms with Crippen LogP contribution in [0.15, 0.2) is 30.4 Å². The van der Waals surface area contributed by atoms with Crippen LogP contribution < -0.4 is 5.73 Å². The first-order valence-electron chi connectivity index (χ1n) is 5.01. The van der Waals surface area contributed by atoms with Gasteiger partial charge in [-0.15, -0.1) is 0 Å². The lowest BCUT2D eigenvalue weighted by molar-refractivity contribution is 0.0942. The van der Waals surface area contributed by atoms with Crippen LogP contribution in [0.3, 0.4) is 0 Å². The number of allylic oxidation sites excluding steroid dienone is 1. The molecule has 1 aliphatic carbocycles. The molecule has 0 fully saturated rings. The normalized spacial score (nSPS) is 23.7. The maximum absolute atomic E-state index is 13.0. The van der Waals surface area contributed by atoms with Crippen molar-refractivity contribution in [3.63, 3.8) is 0 Å². The Morgan fingerprint density at radius 1 is 1.44 bits per heavy atom. The summed E-state index contributed by atoms with van der Waals surface area (Å²) >= 11 is 5.86. The molecule has 0 spiro atoms. The van der Waals surface area contributed by atoms with Crippen molar-refractivity contribution in [1.82, 2.24) is 0 Å². The van der Waals surface area contributed by atoms with Crippen molar-refractivity contribution in [2.24, 2.45) is 11.7 Å². The van der Waals surface area contributed by atoms with E-state index in [2.05, 4.69) is 0 Å². The summed E-state index contributed by atoms with van der Waals surface area (Å²) in [5.74, 6) is -0.915. The van der Waals surface area contributed by atoms with Gasteiger partial charge in [0.2, 0.25) is 0 Å². The third-order valence-electron chi connectivity index (χ3n) is 2.65. The number of nitrogens with two attached hydrogens (primary N) is 1. The fourth-order valence-corrected chi connectivity index (χ4v) is 2.02. The second-order valence-corrected chi connectivity index (χ2v) is 4.29.